The van der Waals surface area contributed by atoms with Crippen LogP contribution in [0.5, 0.6) is 0 Å². The lowest BCUT2D eigenvalue weighted by Crippen LogP contribution is -2.59. The van der Waals surface area contributed by atoms with Gasteiger partial charge < -0.3 is 10.7 Å². The van der Waals surface area contributed by atoms with Gasteiger partial charge in [0.25, 0.3) is 0 Å². The first kappa shape index (κ1) is 19.4. The Balaban J connectivity index is 1.97. The van der Waals surface area contributed by atoms with E-state index in [9.17, 15) is 14.4 Å². The molecule has 3 heterocycles. The van der Waals surface area contributed by atoms with E-state index in [0.29, 0.717) is 34.3 Å². The number of H-pyrrole nitrogens is 1. The van der Waals surface area contributed by atoms with Crippen molar-refractivity contribution >= 4 is 28.5 Å². The molecule has 0 radical (unpaired) electrons. The zero-order valence-corrected chi connectivity index (χ0v) is 16.7. The van der Waals surface area contributed by atoms with Crippen molar-refractivity contribution in [3.05, 3.63) is 56.8 Å². The molecule has 0 amide bonds. The quantitative estimate of drug-likeness (QED) is 0.637. The second-order valence-corrected chi connectivity index (χ2v) is 7.80. The van der Waals surface area contributed by atoms with Gasteiger partial charge in [-0.15, -0.1) is 0 Å². The van der Waals surface area contributed by atoms with Crippen molar-refractivity contribution in [1.29, 1.82) is 5.26 Å². The lowest BCUT2D eigenvalue weighted by molar-refractivity contribution is -0.693. The lowest BCUT2D eigenvalue weighted by Gasteiger charge is -2.29. The third-order valence-corrected chi connectivity index (χ3v) is 5.59. The van der Waals surface area contributed by atoms with E-state index in [0.717, 1.165) is 24.8 Å². The zero-order chi connectivity index (χ0) is 20.7. The number of nitriles is 1. The van der Waals surface area contributed by atoms with Crippen LogP contribution in [-0.2, 0) is 13.6 Å². The Morgan fingerprint density at radius 2 is 2.24 bits per heavy atom. The van der Waals surface area contributed by atoms with Gasteiger partial charge in [0, 0.05) is 11.6 Å². The number of benzene rings is 1. The Kier molecular flexibility index (Phi) is 5.03. The summed E-state index contributed by atoms with van der Waals surface area (Å²) in [5.74, 6) is 0.221. The van der Waals surface area contributed by atoms with Crippen LogP contribution in [-0.4, -0.2) is 28.7 Å². The standard InChI is InChI=1S/C20H20ClFN6O/c1-26-18-16(8-17(21)25-18)19(27-6-2-3-15(24)11-27)28(20(26)29)10-13-7-14(22)5-4-12(13)9-23/h4-5,7-8,15H,2-3,6,10-11,24H2,1H3/p+1/t15-/m1/s1. The number of nitrogens with zero attached hydrogens (tertiary/aromatic N) is 4. The summed E-state index contributed by atoms with van der Waals surface area (Å²) in [6, 6.07) is 7.81. The van der Waals surface area contributed by atoms with Crippen LogP contribution in [0.4, 0.5) is 10.2 Å². The summed E-state index contributed by atoms with van der Waals surface area (Å²) in [4.78, 5) is 18.4. The molecule has 3 aromatic rings. The van der Waals surface area contributed by atoms with Crippen molar-refractivity contribution in [2.24, 2.45) is 12.8 Å². The molecule has 0 unspecified atom stereocenters. The predicted molar refractivity (Wildman–Crippen MR) is 108 cm³/mol. The number of nitrogens with one attached hydrogen (secondary N) is 1. The minimum atomic E-state index is -0.455. The third kappa shape index (κ3) is 3.48. The molecule has 29 heavy (non-hydrogen) atoms. The predicted octanol–water partition coefficient (Wildman–Crippen LogP) is 1.79. The number of halogens is 2. The summed E-state index contributed by atoms with van der Waals surface area (Å²) in [5, 5.41) is 10.6. The SMILES string of the molecule is Cn1c(=O)[n+](Cc2cc(F)ccc2C#N)c(N2CCC[C@@H](N)C2)c2cc(Cl)[nH]c21. The van der Waals surface area contributed by atoms with Gasteiger partial charge in [-0.05, 0) is 37.1 Å². The van der Waals surface area contributed by atoms with E-state index in [-0.39, 0.29) is 18.3 Å². The number of hydrogen-bond acceptors (Lipinski definition) is 4. The van der Waals surface area contributed by atoms with E-state index < -0.39 is 5.82 Å². The van der Waals surface area contributed by atoms with Crippen molar-refractivity contribution in [3.8, 4) is 6.07 Å². The highest BCUT2D eigenvalue weighted by atomic mass is 35.5. The van der Waals surface area contributed by atoms with Gasteiger partial charge in [0.15, 0.2) is 5.65 Å². The average Bonchev–Trinajstić information content (AvgIpc) is 3.07. The van der Waals surface area contributed by atoms with Crippen molar-refractivity contribution in [3.63, 3.8) is 0 Å². The van der Waals surface area contributed by atoms with Crippen molar-refractivity contribution in [2.45, 2.75) is 25.4 Å². The largest absolute Gasteiger partial charge is 0.444 e. The van der Waals surface area contributed by atoms with Crippen LogP contribution in [0.15, 0.2) is 29.1 Å². The molecule has 150 valence electrons. The molecule has 0 spiro atoms. The Morgan fingerprint density at radius 1 is 1.45 bits per heavy atom. The molecule has 1 aliphatic heterocycles. The van der Waals surface area contributed by atoms with Gasteiger partial charge in [0.05, 0.1) is 31.8 Å². The number of rotatable bonds is 3. The summed E-state index contributed by atoms with van der Waals surface area (Å²) in [6.07, 6.45) is 1.82. The number of aryl methyl sites for hydroxylation is 1. The van der Waals surface area contributed by atoms with Crippen LogP contribution >= 0.6 is 11.6 Å². The Bertz CT molecular complexity index is 1190. The molecule has 1 atom stereocenters. The first-order valence-electron chi connectivity index (χ1n) is 9.39. The van der Waals surface area contributed by atoms with E-state index in [4.69, 9.17) is 17.3 Å². The van der Waals surface area contributed by atoms with Crippen LogP contribution in [0.1, 0.15) is 24.0 Å². The smallest absolute Gasteiger partial charge is 0.325 e. The molecule has 1 aliphatic rings. The zero-order valence-electron chi connectivity index (χ0n) is 16.0. The topological polar surface area (TPSA) is 94.7 Å². The second kappa shape index (κ2) is 7.50. The van der Waals surface area contributed by atoms with Gasteiger partial charge >= 0.3 is 5.69 Å². The maximum atomic E-state index is 13.9. The molecule has 9 heteroatoms. The molecule has 3 N–H and O–H groups in total. The monoisotopic (exact) mass is 415 g/mol. The highest BCUT2D eigenvalue weighted by Gasteiger charge is 2.31. The van der Waals surface area contributed by atoms with Crippen LogP contribution in [0.2, 0.25) is 5.15 Å². The first-order chi connectivity index (χ1) is 13.9. The highest BCUT2D eigenvalue weighted by Crippen LogP contribution is 2.27. The summed E-state index contributed by atoms with van der Waals surface area (Å²) >= 11 is 6.21. The molecular formula is C20H21ClFN6O+. The van der Waals surface area contributed by atoms with Gasteiger partial charge in [-0.2, -0.15) is 9.83 Å². The molecular weight excluding hydrogens is 395 g/mol. The number of anilines is 1. The maximum Gasteiger partial charge on any atom is 0.444 e. The fourth-order valence-corrected chi connectivity index (χ4v) is 4.22. The lowest BCUT2D eigenvalue weighted by atomic mass is 10.1. The summed E-state index contributed by atoms with van der Waals surface area (Å²) in [7, 11) is 1.65. The van der Waals surface area contributed by atoms with E-state index in [1.165, 1.54) is 22.8 Å². The normalized spacial score (nSPS) is 16.9. The molecule has 0 aliphatic carbocycles. The molecule has 7 nitrogen and oxygen atoms in total. The van der Waals surface area contributed by atoms with Gasteiger partial charge in [0.2, 0.25) is 5.82 Å². The highest BCUT2D eigenvalue weighted by molar-refractivity contribution is 6.30. The van der Waals surface area contributed by atoms with Gasteiger partial charge in [-0.3, -0.25) is 4.90 Å². The Labute approximate surface area is 171 Å². The van der Waals surface area contributed by atoms with E-state index in [1.54, 1.807) is 17.7 Å². The van der Waals surface area contributed by atoms with Crippen molar-refractivity contribution < 1.29 is 8.96 Å². The summed E-state index contributed by atoms with van der Waals surface area (Å²) < 4.78 is 16.9. The summed E-state index contributed by atoms with van der Waals surface area (Å²) in [6.45, 7) is 1.40. The van der Waals surface area contributed by atoms with Crippen molar-refractivity contribution in [1.82, 2.24) is 9.55 Å². The van der Waals surface area contributed by atoms with Gasteiger partial charge in [-0.1, -0.05) is 11.6 Å². The van der Waals surface area contributed by atoms with Gasteiger partial charge in [-0.25, -0.2) is 13.8 Å². The summed E-state index contributed by atoms with van der Waals surface area (Å²) in [5.41, 5.74) is 7.27. The second-order valence-electron chi connectivity index (χ2n) is 7.39. The molecule has 1 saturated heterocycles. The Morgan fingerprint density at radius 3 is 2.97 bits per heavy atom. The molecule has 4 rings (SSSR count). The number of piperidine rings is 1. The molecule has 1 fully saturated rings. The van der Waals surface area contributed by atoms with Crippen molar-refractivity contribution in [2.75, 3.05) is 18.0 Å². The van der Waals surface area contributed by atoms with Crippen LogP contribution < -0.4 is 20.9 Å². The number of aromatic amines is 1. The molecule has 0 bridgehead atoms. The minimum absolute atomic E-state index is 0.00504. The van der Waals surface area contributed by atoms with E-state index in [2.05, 4.69) is 16.0 Å². The Hall–Kier alpha value is -2.89. The number of nitrogens with two attached hydrogens (primary N) is 1. The first-order valence-corrected chi connectivity index (χ1v) is 9.77. The van der Waals surface area contributed by atoms with E-state index >= 15 is 0 Å². The minimum Gasteiger partial charge on any atom is -0.325 e. The fraction of sp³-hybridized carbons (Fsp3) is 0.350. The average molecular weight is 416 g/mol. The number of aromatic nitrogens is 3. The third-order valence-electron chi connectivity index (χ3n) is 5.39. The fourth-order valence-electron chi connectivity index (χ4n) is 4.02. The number of fused-ring (bicyclic) bond motifs is 1. The van der Waals surface area contributed by atoms with Crippen LogP contribution in [0.3, 0.4) is 0 Å². The van der Waals surface area contributed by atoms with Gasteiger partial charge in [0.1, 0.15) is 22.9 Å². The number of hydrogen-bond donors (Lipinski definition) is 2. The molecule has 0 saturated carbocycles. The van der Waals surface area contributed by atoms with Crippen LogP contribution in [0, 0.1) is 17.1 Å². The van der Waals surface area contributed by atoms with Crippen LogP contribution in [0.25, 0.3) is 11.0 Å². The maximum absolute atomic E-state index is 13.9. The molecule has 1 aromatic carbocycles. The molecule has 2 aromatic heterocycles. The van der Waals surface area contributed by atoms with E-state index in [1.807, 2.05) is 0 Å².